The highest BCUT2D eigenvalue weighted by molar-refractivity contribution is 5.77. The van der Waals surface area contributed by atoms with Gasteiger partial charge in [-0.25, -0.2) is 0 Å². The summed E-state index contributed by atoms with van der Waals surface area (Å²) in [6.07, 6.45) is 1.06. The Morgan fingerprint density at radius 2 is 2.10 bits per heavy atom. The molecule has 0 aliphatic carbocycles. The Bertz CT molecular complexity index is 110. The molecule has 0 bridgehead atoms. The second-order valence-electron chi connectivity index (χ2n) is 2.07. The molecule has 0 aromatic rings. The quantitative estimate of drug-likeness (QED) is 0.252. The maximum absolute atomic E-state index is 5.46. The Morgan fingerprint density at radius 3 is 2.40 bits per heavy atom. The van der Waals surface area contributed by atoms with Crippen LogP contribution in [0.3, 0.4) is 0 Å². The molecule has 0 heterocycles. The van der Waals surface area contributed by atoms with Crippen LogP contribution in [0.15, 0.2) is 5.10 Å². The Balaban J connectivity index is 3.80. The zero-order valence-corrected chi connectivity index (χ0v) is 6.67. The summed E-state index contributed by atoms with van der Waals surface area (Å²) in [5, 5.41) is 3.40. The van der Waals surface area contributed by atoms with E-state index in [1.807, 2.05) is 11.8 Å². The summed E-state index contributed by atoms with van der Waals surface area (Å²) in [4.78, 5) is 1.93. The van der Waals surface area contributed by atoms with Gasteiger partial charge in [-0.15, -0.1) is 5.10 Å². The number of hydrazone groups is 1. The van der Waals surface area contributed by atoms with Crippen molar-refractivity contribution in [2.24, 2.45) is 16.7 Å². The van der Waals surface area contributed by atoms with Gasteiger partial charge in [0.2, 0.25) is 5.96 Å². The molecule has 0 aromatic heterocycles. The summed E-state index contributed by atoms with van der Waals surface area (Å²) in [5.41, 5.74) is 5.46. The second kappa shape index (κ2) is 4.90. The largest absolute Gasteiger partial charge is 0.368 e. The average Bonchev–Trinajstić information content (AvgIpc) is 1.99. The van der Waals surface area contributed by atoms with E-state index >= 15 is 0 Å². The molecule has 0 aromatic carbocycles. The molecular formula is C6H16N4. The number of hydrogen-bond donors (Lipinski definition) is 2. The fourth-order valence-corrected chi connectivity index (χ4v) is 0.786. The maximum Gasteiger partial charge on any atom is 0.213 e. The van der Waals surface area contributed by atoms with Crippen LogP contribution in [0.4, 0.5) is 0 Å². The lowest BCUT2D eigenvalue weighted by molar-refractivity contribution is 0.433. The van der Waals surface area contributed by atoms with Gasteiger partial charge >= 0.3 is 0 Å². The highest BCUT2D eigenvalue weighted by Crippen LogP contribution is 1.88. The fourth-order valence-electron chi connectivity index (χ4n) is 0.786. The van der Waals surface area contributed by atoms with Crippen molar-refractivity contribution in [1.29, 1.82) is 0 Å². The number of rotatable bonds is 3. The molecule has 4 N–H and O–H groups in total. The average molecular weight is 144 g/mol. The van der Waals surface area contributed by atoms with Gasteiger partial charge in [-0.1, -0.05) is 6.92 Å². The van der Waals surface area contributed by atoms with Gasteiger partial charge in [0.05, 0.1) is 0 Å². The summed E-state index contributed by atoms with van der Waals surface area (Å²) >= 11 is 0. The molecule has 0 atom stereocenters. The molecule has 0 fully saturated rings. The third kappa shape index (κ3) is 2.57. The molecule has 4 heteroatoms. The van der Waals surface area contributed by atoms with Crippen LogP contribution in [0.25, 0.3) is 0 Å². The van der Waals surface area contributed by atoms with Gasteiger partial charge in [-0.2, -0.15) is 0 Å². The van der Waals surface area contributed by atoms with E-state index < -0.39 is 0 Å². The van der Waals surface area contributed by atoms with Crippen LogP contribution >= 0.6 is 0 Å². The first-order valence-corrected chi connectivity index (χ1v) is 3.54. The molecule has 60 valence electrons. The van der Waals surface area contributed by atoms with Crippen molar-refractivity contribution in [3.05, 3.63) is 0 Å². The second-order valence-corrected chi connectivity index (χ2v) is 2.07. The van der Waals surface area contributed by atoms with Gasteiger partial charge in [0, 0.05) is 13.1 Å². The Labute approximate surface area is 61.9 Å². The minimum absolute atomic E-state index is 0.421. The van der Waals surface area contributed by atoms with Crippen LogP contribution in [0.2, 0.25) is 0 Å². The van der Waals surface area contributed by atoms with Crippen molar-refractivity contribution in [2.45, 2.75) is 20.3 Å². The smallest absolute Gasteiger partial charge is 0.213 e. The zero-order chi connectivity index (χ0) is 7.98. The molecular weight excluding hydrogens is 128 g/mol. The third-order valence-electron chi connectivity index (χ3n) is 1.33. The molecule has 0 saturated heterocycles. The minimum atomic E-state index is 0.421. The number of nitrogens with zero attached hydrogens (tertiary/aromatic N) is 2. The summed E-state index contributed by atoms with van der Waals surface area (Å²) in [6, 6.07) is 0. The van der Waals surface area contributed by atoms with Gasteiger partial charge < -0.3 is 16.5 Å². The maximum atomic E-state index is 5.46. The Hall–Kier alpha value is -0.930. The monoisotopic (exact) mass is 144 g/mol. The fraction of sp³-hybridized carbons (Fsp3) is 0.833. The lowest BCUT2D eigenvalue weighted by atomic mass is 10.4. The Morgan fingerprint density at radius 1 is 1.50 bits per heavy atom. The van der Waals surface area contributed by atoms with Crippen LogP contribution in [0.5, 0.6) is 0 Å². The molecule has 10 heavy (non-hydrogen) atoms. The normalized spacial score (nSPS) is 11.6. The van der Waals surface area contributed by atoms with Gasteiger partial charge in [0.25, 0.3) is 0 Å². The number of hydrogen-bond acceptors (Lipinski definition) is 2. The van der Waals surface area contributed by atoms with E-state index in [-0.39, 0.29) is 0 Å². The van der Waals surface area contributed by atoms with E-state index in [4.69, 9.17) is 11.6 Å². The van der Waals surface area contributed by atoms with Crippen molar-refractivity contribution in [2.75, 3.05) is 13.1 Å². The van der Waals surface area contributed by atoms with E-state index in [9.17, 15) is 0 Å². The molecule has 0 unspecified atom stereocenters. The minimum Gasteiger partial charge on any atom is -0.368 e. The number of guanidine groups is 1. The van der Waals surface area contributed by atoms with Crippen LogP contribution in [0.1, 0.15) is 20.3 Å². The highest BCUT2D eigenvalue weighted by atomic mass is 15.3. The van der Waals surface area contributed by atoms with Gasteiger partial charge in [-0.3, -0.25) is 0 Å². The lowest BCUT2D eigenvalue weighted by Gasteiger charge is -2.19. The lowest BCUT2D eigenvalue weighted by Crippen LogP contribution is -2.38. The van der Waals surface area contributed by atoms with Gasteiger partial charge in [0.1, 0.15) is 0 Å². The van der Waals surface area contributed by atoms with Crippen molar-refractivity contribution in [3.63, 3.8) is 0 Å². The molecule has 0 aliphatic heterocycles. The zero-order valence-electron chi connectivity index (χ0n) is 6.67. The van der Waals surface area contributed by atoms with Crippen LogP contribution in [-0.4, -0.2) is 23.9 Å². The summed E-state index contributed by atoms with van der Waals surface area (Å²) in [7, 11) is 0. The molecule has 4 nitrogen and oxygen atoms in total. The topological polar surface area (TPSA) is 67.6 Å². The third-order valence-corrected chi connectivity index (χ3v) is 1.33. The predicted octanol–water partition coefficient (Wildman–Crippen LogP) is -0.0933. The first-order chi connectivity index (χ1) is 4.76. The summed E-state index contributed by atoms with van der Waals surface area (Å²) in [6.45, 7) is 5.89. The van der Waals surface area contributed by atoms with E-state index in [0.29, 0.717) is 5.96 Å². The number of nitrogens with two attached hydrogens (primary N) is 2. The summed E-state index contributed by atoms with van der Waals surface area (Å²) in [5.74, 6) is 5.42. The van der Waals surface area contributed by atoms with E-state index in [1.165, 1.54) is 0 Å². The van der Waals surface area contributed by atoms with Crippen LogP contribution in [-0.2, 0) is 0 Å². The van der Waals surface area contributed by atoms with Crippen molar-refractivity contribution >= 4 is 5.96 Å². The Kier molecular flexibility index (Phi) is 4.45. The van der Waals surface area contributed by atoms with Crippen LogP contribution in [0, 0.1) is 0 Å². The van der Waals surface area contributed by atoms with Crippen molar-refractivity contribution < 1.29 is 0 Å². The molecule has 0 radical (unpaired) electrons. The van der Waals surface area contributed by atoms with Crippen molar-refractivity contribution in [3.8, 4) is 0 Å². The summed E-state index contributed by atoms with van der Waals surface area (Å²) < 4.78 is 0. The highest BCUT2D eigenvalue weighted by Gasteiger charge is 2.01. The van der Waals surface area contributed by atoms with Gasteiger partial charge in [-0.05, 0) is 13.3 Å². The van der Waals surface area contributed by atoms with E-state index in [0.717, 1.165) is 19.5 Å². The van der Waals surface area contributed by atoms with Gasteiger partial charge in [0.15, 0.2) is 0 Å². The van der Waals surface area contributed by atoms with Crippen molar-refractivity contribution in [1.82, 2.24) is 4.90 Å². The molecule has 0 rings (SSSR count). The first kappa shape index (κ1) is 9.07. The molecule has 0 spiro atoms. The predicted molar refractivity (Wildman–Crippen MR) is 43.3 cm³/mol. The molecule has 0 saturated carbocycles. The van der Waals surface area contributed by atoms with E-state index in [2.05, 4.69) is 12.0 Å². The van der Waals surface area contributed by atoms with E-state index in [1.54, 1.807) is 0 Å². The standard InChI is InChI=1S/C6H16N4/c1-3-5-10(4-2)6(7)9-8/h3-5,8H2,1-2H3,(H2,7,9). The first-order valence-electron chi connectivity index (χ1n) is 3.54. The molecule has 0 aliphatic rings. The molecule has 0 amide bonds. The van der Waals surface area contributed by atoms with Crippen LogP contribution < -0.4 is 11.6 Å². The SMILES string of the molecule is CCCN(CC)C(N)=NN.